The van der Waals surface area contributed by atoms with E-state index < -0.39 is 4.92 Å². The van der Waals surface area contributed by atoms with Crippen molar-refractivity contribution in [2.45, 2.75) is 36.1 Å². The third-order valence-corrected chi connectivity index (χ3v) is 4.22. The van der Waals surface area contributed by atoms with E-state index in [-0.39, 0.29) is 5.69 Å². The van der Waals surface area contributed by atoms with Crippen LogP contribution in [0.5, 0.6) is 0 Å². The van der Waals surface area contributed by atoms with Crippen LogP contribution in [-0.2, 0) is 6.42 Å². The van der Waals surface area contributed by atoms with Gasteiger partial charge in [-0.1, -0.05) is 13.8 Å². The van der Waals surface area contributed by atoms with Gasteiger partial charge in [-0.25, -0.2) is 9.97 Å². The van der Waals surface area contributed by atoms with Crippen LogP contribution in [0.25, 0.3) is 0 Å². The van der Waals surface area contributed by atoms with Crippen LogP contribution in [0.1, 0.15) is 26.1 Å². The summed E-state index contributed by atoms with van der Waals surface area (Å²) in [5.41, 5.74) is 0.0198. The average molecular weight is 325 g/mol. The number of rotatable bonds is 7. The molecule has 0 fully saturated rings. The highest BCUT2D eigenvalue weighted by atomic mass is 32.2. The Labute approximate surface area is 130 Å². The lowest BCUT2D eigenvalue weighted by Crippen LogP contribution is -2.03. The maximum Gasteiger partial charge on any atom is 0.275 e. The van der Waals surface area contributed by atoms with Crippen LogP contribution in [0, 0.1) is 10.1 Å². The first-order chi connectivity index (χ1) is 10.1. The summed E-state index contributed by atoms with van der Waals surface area (Å²) in [5.74, 6) is 1.28. The van der Waals surface area contributed by atoms with E-state index in [0.717, 1.165) is 29.6 Å². The summed E-state index contributed by atoms with van der Waals surface area (Å²) in [5, 5.41) is 14.6. The molecule has 0 spiro atoms. The van der Waals surface area contributed by atoms with E-state index in [1.54, 1.807) is 0 Å². The molecule has 0 saturated carbocycles. The van der Waals surface area contributed by atoms with Crippen molar-refractivity contribution in [3.8, 4) is 0 Å². The maximum absolute atomic E-state index is 11.0. The minimum absolute atomic E-state index is 0.0198. The summed E-state index contributed by atoms with van der Waals surface area (Å²) in [6.45, 7) is 4.72. The number of hydrogen-bond donors (Lipinski definition) is 1. The molecule has 9 heteroatoms. The van der Waals surface area contributed by atoms with Crippen molar-refractivity contribution >= 4 is 34.8 Å². The lowest BCUT2D eigenvalue weighted by atomic mass is 10.4. The first kappa shape index (κ1) is 15.6. The predicted molar refractivity (Wildman–Crippen MR) is 83.1 cm³/mol. The molecule has 0 aliphatic heterocycles. The van der Waals surface area contributed by atoms with Gasteiger partial charge in [-0.3, -0.25) is 10.1 Å². The summed E-state index contributed by atoms with van der Waals surface area (Å²) in [6.07, 6.45) is 1.69. The molecule has 0 bridgehead atoms. The first-order valence-electron chi connectivity index (χ1n) is 6.53. The molecule has 1 N–H and O–H groups in total. The minimum atomic E-state index is -0.416. The summed E-state index contributed by atoms with van der Waals surface area (Å²) in [4.78, 5) is 19.3. The van der Waals surface area contributed by atoms with Crippen LogP contribution in [0.15, 0.2) is 21.5 Å². The lowest BCUT2D eigenvalue weighted by molar-refractivity contribution is -0.385. The minimum Gasteiger partial charge on any atom is -0.370 e. The Kier molecular flexibility index (Phi) is 5.45. The number of hydrogen-bond acceptors (Lipinski definition) is 8. The van der Waals surface area contributed by atoms with Crippen LogP contribution >= 0.6 is 23.3 Å². The van der Waals surface area contributed by atoms with Crippen molar-refractivity contribution < 1.29 is 4.92 Å². The van der Waals surface area contributed by atoms with Crippen LogP contribution in [0.4, 0.5) is 11.5 Å². The fourth-order valence-electron chi connectivity index (χ4n) is 1.51. The van der Waals surface area contributed by atoms with Gasteiger partial charge in [-0.05, 0) is 29.7 Å². The van der Waals surface area contributed by atoms with E-state index in [1.807, 2.05) is 13.8 Å². The largest absolute Gasteiger partial charge is 0.370 e. The fourth-order valence-corrected chi connectivity index (χ4v) is 3.18. The van der Waals surface area contributed by atoms with Crippen molar-refractivity contribution in [2.75, 3.05) is 11.9 Å². The highest BCUT2D eigenvalue weighted by Gasteiger charge is 2.13. The molecule has 112 valence electrons. The molecule has 0 aliphatic rings. The van der Waals surface area contributed by atoms with E-state index in [4.69, 9.17) is 0 Å². The molecule has 0 aromatic carbocycles. The maximum atomic E-state index is 11.0. The Bertz CT molecular complexity index is 632. The molecule has 7 nitrogen and oxygen atoms in total. The van der Waals surface area contributed by atoms with Crippen molar-refractivity contribution in [3.05, 3.63) is 28.1 Å². The van der Waals surface area contributed by atoms with E-state index in [2.05, 4.69) is 19.7 Å². The smallest absolute Gasteiger partial charge is 0.275 e. The molecule has 21 heavy (non-hydrogen) atoms. The Morgan fingerprint density at radius 2 is 2.19 bits per heavy atom. The van der Waals surface area contributed by atoms with Gasteiger partial charge < -0.3 is 5.32 Å². The van der Waals surface area contributed by atoms with Gasteiger partial charge >= 0.3 is 0 Å². The van der Waals surface area contributed by atoms with Crippen molar-refractivity contribution in [2.24, 2.45) is 0 Å². The summed E-state index contributed by atoms with van der Waals surface area (Å²) in [7, 11) is 0. The summed E-state index contributed by atoms with van der Waals surface area (Å²) >= 11 is 2.57. The average Bonchev–Trinajstić information content (AvgIpc) is 2.92. The van der Waals surface area contributed by atoms with Gasteiger partial charge in [0.15, 0.2) is 4.34 Å². The second-order valence-corrected chi connectivity index (χ2v) is 6.18. The number of pyridine rings is 1. The van der Waals surface area contributed by atoms with Crippen LogP contribution in [0.3, 0.4) is 0 Å². The first-order valence-corrected chi connectivity index (χ1v) is 8.12. The Morgan fingerprint density at radius 3 is 2.81 bits per heavy atom. The normalized spacial score (nSPS) is 10.6. The van der Waals surface area contributed by atoms with Gasteiger partial charge in [0.25, 0.3) is 5.69 Å². The molecular formula is C12H15N5O2S2. The molecule has 0 aliphatic carbocycles. The zero-order valence-electron chi connectivity index (χ0n) is 11.7. The topological polar surface area (TPSA) is 93.8 Å². The van der Waals surface area contributed by atoms with Gasteiger partial charge in [0, 0.05) is 19.0 Å². The lowest BCUT2D eigenvalue weighted by Gasteiger charge is -2.05. The highest BCUT2D eigenvalue weighted by Crippen LogP contribution is 2.31. The number of aromatic nitrogens is 3. The Morgan fingerprint density at radius 1 is 1.38 bits per heavy atom. The second-order valence-electron chi connectivity index (χ2n) is 4.16. The number of aryl methyl sites for hydroxylation is 1. The van der Waals surface area contributed by atoms with E-state index in [1.165, 1.54) is 35.4 Å². The van der Waals surface area contributed by atoms with Gasteiger partial charge in [-0.2, -0.15) is 4.37 Å². The Hall–Kier alpha value is -1.74. The molecular weight excluding hydrogens is 310 g/mol. The standard InChI is InChI=1S/C12H15N5O2S2/c1-3-5-13-10-6-8(17(18)19)7-11(14-10)20-12-15-9(4-2)16-21-12/h6-7H,3-5H2,1-2H3,(H,13,14). The van der Waals surface area contributed by atoms with Crippen LogP contribution in [-0.4, -0.2) is 25.8 Å². The van der Waals surface area contributed by atoms with Crippen molar-refractivity contribution in [3.63, 3.8) is 0 Å². The number of anilines is 1. The quantitative estimate of drug-likeness (QED) is 0.616. The molecule has 0 unspecified atom stereocenters. The molecule has 2 aromatic rings. The van der Waals surface area contributed by atoms with Gasteiger partial charge in [0.05, 0.1) is 11.0 Å². The molecule has 2 heterocycles. The summed E-state index contributed by atoms with van der Waals surface area (Å²) in [6, 6.07) is 2.89. The molecule has 0 amide bonds. The number of nitrogens with one attached hydrogen (secondary N) is 1. The van der Waals surface area contributed by atoms with Crippen molar-refractivity contribution in [1.82, 2.24) is 14.3 Å². The van der Waals surface area contributed by atoms with E-state index >= 15 is 0 Å². The molecule has 0 radical (unpaired) electrons. The third kappa shape index (κ3) is 4.36. The van der Waals surface area contributed by atoms with Gasteiger partial charge in [0.1, 0.15) is 16.7 Å². The zero-order chi connectivity index (χ0) is 15.2. The SMILES string of the molecule is CCCNc1cc([N+](=O)[O-])cc(Sc2nc(CC)ns2)n1. The third-order valence-electron chi connectivity index (χ3n) is 2.51. The van der Waals surface area contributed by atoms with E-state index in [9.17, 15) is 10.1 Å². The van der Waals surface area contributed by atoms with Crippen LogP contribution in [0.2, 0.25) is 0 Å². The van der Waals surface area contributed by atoms with Gasteiger partial charge in [0.2, 0.25) is 0 Å². The highest BCUT2D eigenvalue weighted by molar-refractivity contribution is 8.00. The Balaban J connectivity index is 2.24. The van der Waals surface area contributed by atoms with Crippen LogP contribution < -0.4 is 5.32 Å². The molecule has 2 rings (SSSR count). The number of nitro groups is 1. The van der Waals surface area contributed by atoms with Crippen molar-refractivity contribution in [1.29, 1.82) is 0 Å². The zero-order valence-corrected chi connectivity index (χ0v) is 13.3. The monoisotopic (exact) mass is 325 g/mol. The molecule has 2 aromatic heterocycles. The molecule has 0 atom stereocenters. The van der Waals surface area contributed by atoms with Gasteiger partial charge in [-0.15, -0.1) is 0 Å². The van der Waals surface area contributed by atoms with E-state index in [0.29, 0.717) is 10.8 Å². The molecule has 0 saturated heterocycles. The number of nitrogens with zero attached hydrogens (tertiary/aromatic N) is 4. The fraction of sp³-hybridized carbons (Fsp3) is 0.417. The second kappa shape index (κ2) is 7.32. The predicted octanol–water partition coefficient (Wildman–Crippen LogP) is 3.38. The summed E-state index contributed by atoms with van der Waals surface area (Å²) < 4.78 is 4.93.